The molecule has 0 bridgehead atoms. The molecule has 3 heteroatoms. The molecule has 0 saturated heterocycles. The third-order valence-corrected chi connectivity index (χ3v) is 3.78. The fourth-order valence-electron chi connectivity index (χ4n) is 2.55. The molecule has 0 aromatic heterocycles. The van der Waals surface area contributed by atoms with Gasteiger partial charge in [-0.2, -0.15) is 5.26 Å². The Hall–Kier alpha value is -2.47. The predicted molar refractivity (Wildman–Crippen MR) is 90.6 cm³/mol. The van der Waals surface area contributed by atoms with Crippen LogP contribution in [0.1, 0.15) is 22.6 Å². The van der Waals surface area contributed by atoms with Crippen molar-refractivity contribution in [3.05, 3.63) is 59.2 Å². The number of nitriles is 1. The molecule has 1 atom stereocenters. The smallest absolute Gasteiger partial charge is 0.123 e. The quantitative estimate of drug-likeness (QED) is 0.838. The average Bonchev–Trinajstić information content (AvgIpc) is 2.52. The maximum atomic E-state index is 9.61. The van der Waals surface area contributed by atoms with E-state index in [-0.39, 0.29) is 5.92 Å². The molecule has 0 fully saturated rings. The molecule has 2 aromatic rings. The van der Waals surface area contributed by atoms with Crippen LogP contribution < -0.4 is 9.64 Å². The normalized spacial score (nSPS) is 11.6. The van der Waals surface area contributed by atoms with Crippen LogP contribution in [0.15, 0.2) is 42.5 Å². The zero-order valence-corrected chi connectivity index (χ0v) is 13.6. The van der Waals surface area contributed by atoms with Crippen LogP contribution >= 0.6 is 0 Å². The summed E-state index contributed by atoms with van der Waals surface area (Å²) >= 11 is 0. The van der Waals surface area contributed by atoms with Crippen LogP contribution in [0.4, 0.5) is 5.69 Å². The Bertz CT molecular complexity index is 686. The molecular formula is C19H22N2O. The van der Waals surface area contributed by atoms with Gasteiger partial charge in [-0.15, -0.1) is 0 Å². The minimum Gasteiger partial charge on any atom is -0.496 e. The molecule has 0 aliphatic heterocycles. The van der Waals surface area contributed by atoms with Gasteiger partial charge in [0.1, 0.15) is 5.75 Å². The summed E-state index contributed by atoms with van der Waals surface area (Å²) in [5, 5.41) is 9.61. The first-order valence-electron chi connectivity index (χ1n) is 7.35. The Kier molecular flexibility index (Phi) is 5.06. The molecular weight excluding hydrogens is 272 g/mol. The van der Waals surface area contributed by atoms with Crippen LogP contribution in [0.5, 0.6) is 5.75 Å². The monoisotopic (exact) mass is 294 g/mol. The number of benzene rings is 2. The van der Waals surface area contributed by atoms with Crippen molar-refractivity contribution < 1.29 is 4.74 Å². The van der Waals surface area contributed by atoms with Crippen molar-refractivity contribution >= 4 is 5.69 Å². The van der Waals surface area contributed by atoms with Crippen LogP contribution in [0.25, 0.3) is 0 Å². The Morgan fingerprint density at radius 2 is 1.95 bits per heavy atom. The maximum Gasteiger partial charge on any atom is 0.123 e. The molecule has 22 heavy (non-hydrogen) atoms. The lowest BCUT2D eigenvalue weighted by atomic mass is 9.91. The number of ether oxygens (including phenoxy) is 1. The van der Waals surface area contributed by atoms with Gasteiger partial charge in [0.05, 0.1) is 19.1 Å². The summed E-state index contributed by atoms with van der Waals surface area (Å²) in [6.07, 6.45) is 0.679. The highest BCUT2D eigenvalue weighted by Gasteiger charge is 2.17. The Labute approximate surface area is 132 Å². The van der Waals surface area contributed by atoms with E-state index in [9.17, 15) is 5.26 Å². The van der Waals surface area contributed by atoms with Gasteiger partial charge in [0.25, 0.3) is 0 Å². The molecule has 0 spiro atoms. The molecule has 114 valence electrons. The van der Waals surface area contributed by atoms with E-state index in [0.29, 0.717) is 6.42 Å². The van der Waals surface area contributed by atoms with Gasteiger partial charge in [-0.1, -0.05) is 29.8 Å². The topological polar surface area (TPSA) is 36.3 Å². The summed E-state index contributed by atoms with van der Waals surface area (Å²) in [7, 11) is 5.68. The summed E-state index contributed by atoms with van der Waals surface area (Å²) in [5.41, 5.74) is 4.39. The summed E-state index contributed by atoms with van der Waals surface area (Å²) in [4.78, 5) is 2.07. The van der Waals surface area contributed by atoms with Crippen LogP contribution in [0.2, 0.25) is 0 Å². The Morgan fingerprint density at radius 1 is 1.18 bits per heavy atom. The van der Waals surface area contributed by atoms with Crippen molar-refractivity contribution in [1.29, 1.82) is 5.26 Å². The van der Waals surface area contributed by atoms with Crippen molar-refractivity contribution in [3.63, 3.8) is 0 Å². The second-order valence-corrected chi connectivity index (χ2v) is 5.70. The lowest BCUT2D eigenvalue weighted by molar-refractivity contribution is 0.408. The summed E-state index contributed by atoms with van der Waals surface area (Å²) in [5.74, 6) is 0.563. The van der Waals surface area contributed by atoms with E-state index in [1.54, 1.807) is 7.11 Å². The van der Waals surface area contributed by atoms with Gasteiger partial charge in [-0.3, -0.25) is 0 Å². The molecule has 0 N–H and O–H groups in total. The SMILES string of the molecule is COc1ccc(C)cc1C(C#N)Cc1cccc(N(C)C)c1. The summed E-state index contributed by atoms with van der Waals surface area (Å²) < 4.78 is 5.42. The van der Waals surface area contributed by atoms with Crippen molar-refractivity contribution in [3.8, 4) is 11.8 Å². The minimum absolute atomic E-state index is 0.215. The number of aryl methyl sites for hydroxylation is 1. The number of rotatable bonds is 5. The lowest BCUT2D eigenvalue weighted by Gasteiger charge is -2.17. The van der Waals surface area contributed by atoms with E-state index in [0.717, 1.165) is 28.1 Å². The highest BCUT2D eigenvalue weighted by atomic mass is 16.5. The second kappa shape index (κ2) is 7.00. The zero-order valence-electron chi connectivity index (χ0n) is 13.6. The molecule has 0 aliphatic rings. The zero-order chi connectivity index (χ0) is 16.1. The average molecular weight is 294 g/mol. The van der Waals surface area contributed by atoms with E-state index >= 15 is 0 Å². The second-order valence-electron chi connectivity index (χ2n) is 5.70. The molecule has 0 radical (unpaired) electrons. The molecule has 0 saturated carbocycles. The van der Waals surface area contributed by atoms with Gasteiger partial charge >= 0.3 is 0 Å². The van der Waals surface area contributed by atoms with E-state index in [1.807, 2.05) is 45.3 Å². The predicted octanol–water partition coefficient (Wildman–Crippen LogP) is 3.92. The Balaban J connectivity index is 2.32. The van der Waals surface area contributed by atoms with Gasteiger partial charge in [0.2, 0.25) is 0 Å². The van der Waals surface area contributed by atoms with Crippen molar-refractivity contribution in [1.82, 2.24) is 0 Å². The minimum atomic E-state index is -0.215. The fraction of sp³-hybridized carbons (Fsp3) is 0.316. The molecule has 1 unspecified atom stereocenters. The molecule has 2 aromatic carbocycles. The van der Waals surface area contributed by atoms with E-state index < -0.39 is 0 Å². The highest BCUT2D eigenvalue weighted by Crippen LogP contribution is 2.30. The van der Waals surface area contributed by atoms with Gasteiger partial charge in [-0.05, 0) is 37.1 Å². The molecule has 0 aliphatic carbocycles. The number of anilines is 1. The van der Waals surface area contributed by atoms with Gasteiger partial charge in [0, 0.05) is 25.3 Å². The van der Waals surface area contributed by atoms with E-state index in [1.165, 1.54) is 0 Å². The first kappa shape index (κ1) is 15.9. The molecule has 2 rings (SSSR count). The maximum absolute atomic E-state index is 9.61. The van der Waals surface area contributed by atoms with Gasteiger partial charge in [-0.25, -0.2) is 0 Å². The van der Waals surface area contributed by atoms with E-state index in [4.69, 9.17) is 4.74 Å². The van der Waals surface area contributed by atoms with Crippen molar-refractivity contribution in [2.24, 2.45) is 0 Å². The van der Waals surface area contributed by atoms with Crippen molar-refractivity contribution in [2.45, 2.75) is 19.3 Å². The molecule has 0 heterocycles. The van der Waals surface area contributed by atoms with Gasteiger partial charge in [0.15, 0.2) is 0 Å². The standard InChI is InChI=1S/C19H22N2O/c1-14-8-9-19(22-4)18(10-14)16(13-20)11-15-6-5-7-17(12-15)21(2)3/h5-10,12,16H,11H2,1-4H3. The lowest BCUT2D eigenvalue weighted by Crippen LogP contribution is -2.09. The largest absolute Gasteiger partial charge is 0.496 e. The Morgan fingerprint density at radius 3 is 2.59 bits per heavy atom. The number of hydrogen-bond acceptors (Lipinski definition) is 3. The number of nitrogens with zero attached hydrogens (tertiary/aromatic N) is 2. The molecule has 3 nitrogen and oxygen atoms in total. The van der Waals surface area contributed by atoms with Crippen LogP contribution in [0, 0.1) is 18.3 Å². The summed E-state index contributed by atoms with van der Waals surface area (Å²) in [6, 6.07) is 16.7. The first-order valence-corrected chi connectivity index (χ1v) is 7.35. The van der Waals surface area contributed by atoms with Crippen LogP contribution in [-0.4, -0.2) is 21.2 Å². The van der Waals surface area contributed by atoms with Gasteiger partial charge < -0.3 is 9.64 Å². The number of methoxy groups -OCH3 is 1. The first-order chi connectivity index (χ1) is 10.5. The highest BCUT2D eigenvalue weighted by molar-refractivity contribution is 5.48. The van der Waals surface area contributed by atoms with Crippen molar-refractivity contribution in [2.75, 3.05) is 26.1 Å². The fourth-order valence-corrected chi connectivity index (χ4v) is 2.55. The number of hydrogen-bond donors (Lipinski definition) is 0. The van der Waals surface area contributed by atoms with Crippen LogP contribution in [-0.2, 0) is 6.42 Å². The van der Waals surface area contributed by atoms with Crippen LogP contribution in [0.3, 0.4) is 0 Å². The molecule has 0 amide bonds. The van der Waals surface area contributed by atoms with E-state index in [2.05, 4.69) is 29.2 Å². The third kappa shape index (κ3) is 3.59. The summed E-state index contributed by atoms with van der Waals surface area (Å²) in [6.45, 7) is 2.03. The third-order valence-electron chi connectivity index (χ3n) is 3.78.